The largest absolute Gasteiger partial charge is 0.380 e. The van der Waals surface area contributed by atoms with Gasteiger partial charge in [0.15, 0.2) is 0 Å². The summed E-state index contributed by atoms with van der Waals surface area (Å²) in [4.78, 5) is 2.33. The predicted octanol–water partition coefficient (Wildman–Crippen LogP) is 1.52. The van der Waals surface area contributed by atoms with Gasteiger partial charge in [0.1, 0.15) is 0 Å². The van der Waals surface area contributed by atoms with Crippen molar-refractivity contribution in [1.29, 1.82) is 0 Å². The average molecular weight is 201 g/mol. The lowest BCUT2D eigenvalue weighted by Gasteiger charge is -2.27. The van der Waals surface area contributed by atoms with Gasteiger partial charge in [-0.2, -0.15) is 0 Å². The van der Waals surface area contributed by atoms with Crippen LogP contribution in [0.15, 0.2) is 0 Å². The summed E-state index contributed by atoms with van der Waals surface area (Å²) >= 11 is 0. The number of ether oxygens (including phenoxy) is 2. The topological polar surface area (TPSA) is 21.7 Å². The highest BCUT2D eigenvalue weighted by Crippen LogP contribution is 2.22. The first kappa shape index (κ1) is 12.0. The van der Waals surface area contributed by atoms with E-state index in [1.54, 1.807) is 7.11 Å². The number of methoxy groups -OCH3 is 1. The molecule has 3 nitrogen and oxygen atoms in total. The standard InChI is InChI=1S/C11H23NO2/c1-8(2)14-9(3)11-6-10(13-5)7-12(11)4/h8-11H,6-7H2,1-5H3/t9?,10-,11+/m1/s1. The van der Waals surface area contributed by atoms with E-state index in [0.29, 0.717) is 24.4 Å². The smallest absolute Gasteiger partial charge is 0.0714 e. The lowest BCUT2D eigenvalue weighted by atomic mass is 10.1. The van der Waals surface area contributed by atoms with Gasteiger partial charge >= 0.3 is 0 Å². The zero-order chi connectivity index (χ0) is 10.7. The van der Waals surface area contributed by atoms with E-state index in [1.165, 1.54) is 0 Å². The number of hydrogen-bond donors (Lipinski definition) is 0. The second-order valence-corrected chi connectivity index (χ2v) is 4.49. The molecule has 1 aliphatic heterocycles. The Labute approximate surface area is 87.4 Å². The van der Waals surface area contributed by atoms with Crippen molar-refractivity contribution in [3.63, 3.8) is 0 Å². The van der Waals surface area contributed by atoms with Gasteiger partial charge in [-0.1, -0.05) is 0 Å². The molecular formula is C11H23NO2. The summed E-state index contributed by atoms with van der Waals surface area (Å²) in [6.07, 6.45) is 2.06. The van der Waals surface area contributed by atoms with E-state index in [4.69, 9.17) is 9.47 Å². The van der Waals surface area contributed by atoms with Gasteiger partial charge in [-0.25, -0.2) is 0 Å². The second-order valence-electron chi connectivity index (χ2n) is 4.49. The van der Waals surface area contributed by atoms with Crippen LogP contribution in [0.25, 0.3) is 0 Å². The van der Waals surface area contributed by atoms with Crippen molar-refractivity contribution in [3.05, 3.63) is 0 Å². The van der Waals surface area contributed by atoms with Crippen LogP contribution < -0.4 is 0 Å². The Kier molecular flexibility index (Phi) is 4.35. The first-order valence-corrected chi connectivity index (χ1v) is 5.43. The molecule has 14 heavy (non-hydrogen) atoms. The summed E-state index contributed by atoms with van der Waals surface area (Å²) < 4.78 is 11.2. The van der Waals surface area contributed by atoms with Crippen LogP contribution in [0.5, 0.6) is 0 Å². The Morgan fingerprint density at radius 1 is 1.29 bits per heavy atom. The number of likely N-dealkylation sites (tertiary alicyclic amines) is 1. The molecule has 0 bridgehead atoms. The van der Waals surface area contributed by atoms with Crippen LogP contribution in [-0.4, -0.2) is 50.0 Å². The molecular weight excluding hydrogens is 178 g/mol. The first-order chi connectivity index (χ1) is 6.54. The molecule has 1 heterocycles. The molecule has 3 atom stereocenters. The van der Waals surface area contributed by atoms with E-state index >= 15 is 0 Å². The normalized spacial score (nSPS) is 31.3. The van der Waals surface area contributed by atoms with Crippen LogP contribution >= 0.6 is 0 Å². The fourth-order valence-corrected chi connectivity index (χ4v) is 2.22. The molecule has 0 amide bonds. The molecule has 3 heteroatoms. The number of hydrogen-bond acceptors (Lipinski definition) is 3. The van der Waals surface area contributed by atoms with E-state index in [-0.39, 0.29) is 0 Å². The van der Waals surface area contributed by atoms with Gasteiger partial charge < -0.3 is 9.47 Å². The Balaban J connectivity index is 2.43. The van der Waals surface area contributed by atoms with Gasteiger partial charge in [-0.3, -0.25) is 4.90 Å². The highest BCUT2D eigenvalue weighted by atomic mass is 16.5. The SMILES string of the molecule is CO[C@@H]1C[C@@H](C(C)OC(C)C)N(C)C1. The molecule has 0 aliphatic carbocycles. The third-order valence-electron chi connectivity index (χ3n) is 2.92. The van der Waals surface area contributed by atoms with Crippen molar-refractivity contribution in [2.75, 3.05) is 20.7 Å². The molecule has 1 saturated heterocycles. The van der Waals surface area contributed by atoms with Crippen LogP contribution in [0.1, 0.15) is 27.2 Å². The maximum absolute atomic E-state index is 5.80. The van der Waals surface area contributed by atoms with E-state index in [1.807, 2.05) is 0 Å². The van der Waals surface area contributed by atoms with Crippen LogP contribution in [0.2, 0.25) is 0 Å². The summed E-state index contributed by atoms with van der Waals surface area (Å²) in [7, 11) is 3.93. The lowest BCUT2D eigenvalue weighted by molar-refractivity contribution is -0.0207. The highest BCUT2D eigenvalue weighted by molar-refractivity contribution is 4.87. The molecule has 84 valence electrons. The van der Waals surface area contributed by atoms with E-state index in [0.717, 1.165) is 13.0 Å². The Hall–Kier alpha value is -0.120. The maximum Gasteiger partial charge on any atom is 0.0714 e. The Bertz CT molecular complexity index is 173. The van der Waals surface area contributed by atoms with E-state index in [9.17, 15) is 0 Å². The Morgan fingerprint density at radius 3 is 2.36 bits per heavy atom. The van der Waals surface area contributed by atoms with Gasteiger partial charge in [0, 0.05) is 19.7 Å². The van der Waals surface area contributed by atoms with Crippen molar-refractivity contribution >= 4 is 0 Å². The van der Waals surface area contributed by atoms with Gasteiger partial charge in [-0.15, -0.1) is 0 Å². The second kappa shape index (κ2) is 5.10. The molecule has 1 rings (SSSR count). The van der Waals surface area contributed by atoms with Crippen LogP contribution in [0, 0.1) is 0 Å². The predicted molar refractivity (Wildman–Crippen MR) is 57.5 cm³/mol. The van der Waals surface area contributed by atoms with Crippen LogP contribution in [-0.2, 0) is 9.47 Å². The van der Waals surface area contributed by atoms with Crippen LogP contribution in [0.4, 0.5) is 0 Å². The molecule has 0 radical (unpaired) electrons. The van der Waals surface area contributed by atoms with Crippen molar-refractivity contribution in [1.82, 2.24) is 4.90 Å². The van der Waals surface area contributed by atoms with Crippen molar-refractivity contribution in [3.8, 4) is 0 Å². The molecule has 1 aliphatic rings. The minimum atomic E-state index is 0.292. The number of rotatable bonds is 4. The molecule has 0 spiro atoms. The first-order valence-electron chi connectivity index (χ1n) is 5.43. The van der Waals surface area contributed by atoms with Gasteiger partial charge in [0.25, 0.3) is 0 Å². The van der Waals surface area contributed by atoms with Crippen molar-refractivity contribution in [2.45, 2.75) is 51.5 Å². The summed E-state index contributed by atoms with van der Waals surface area (Å²) in [5.41, 5.74) is 0. The summed E-state index contributed by atoms with van der Waals surface area (Å²) in [5.74, 6) is 0. The van der Waals surface area contributed by atoms with Gasteiger partial charge in [0.05, 0.1) is 18.3 Å². The summed E-state index contributed by atoms with van der Waals surface area (Å²) in [6.45, 7) is 7.34. The van der Waals surface area contributed by atoms with Crippen molar-refractivity contribution in [2.24, 2.45) is 0 Å². The maximum atomic E-state index is 5.80. The third kappa shape index (κ3) is 2.94. The number of nitrogens with zero attached hydrogens (tertiary/aromatic N) is 1. The Morgan fingerprint density at radius 2 is 1.93 bits per heavy atom. The zero-order valence-corrected chi connectivity index (χ0v) is 9.99. The fourth-order valence-electron chi connectivity index (χ4n) is 2.22. The van der Waals surface area contributed by atoms with Gasteiger partial charge in [0.2, 0.25) is 0 Å². The minimum absolute atomic E-state index is 0.292. The quantitative estimate of drug-likeness (QED) is 0.688. The lowest BCUT2D eigenvalue weighted by Crippen LogP contribution is -2.37. The average Bonchev–Trinajstić information content (AvgIpc) is 2.45. The molecule has 0 aromatic heterocycles. The molecule has 1 fully saturated rings. The van der Waals surface area contributed by atoms with Gasteiger partial charge in [-0.05, 0) is 34.2 Å². The third-order valence-corrected chi connectivity index (χ3v) is 2.92. The van der Waals surface area contributed by atoms with Crippen LogP contribution in [0.3, 0.4) is 0 Å². The molecule has 1 unspecified atom stereocenters. The molecule has 0 aromatic carbocycles. The molecule has 0 aromatic rings. The van der Waals surface area contributed by atoms with Crippen molar-refractivity contribution < 1.29 is 9.47 Å². The fraction of sp³-hybridized carbons (Fsp3) is 1.00. The summed E-state index contributed by atoms with van der Waals surface area (Å²) in [6, 6.07) is 0.502. The highest BCUT2D eigenvalue weighted by Gasteiger charge is 2.33. The summed E-state index contributed by atoms with van der Waals surface area (Å²) in [5, 5.41) is 0. The molecule has 0 saturated carbocycles. The van der Waals surface area contributed by atoms with E-state index < -0.39 is 0 Å². The molecule has 0 N–H and O–H groups in total. The van der Waals surface area contributed by atoms with E-state index in [2.05, 4.69) is 32.7 Å². The minimum Gasteiger partial charge on any atom is -0.380 e. The monoisotopic (exact) mass is 201 g/mol. The number of likely N-dealkylation sites (N-methyl/N-ethyl adjacent to an activating group) is 1. The zero-order valence-electron chi connectivity index (χ0n) is 9.99.